The first-order valence-corrected chi connectivity index (χ1v) is 6.86. The van der Waals surface area contributed by atoms with Crippen molar-refractivity contribution in [1.82, 2.24) is 0 Å². The van der Waals surface area contributed by atoms with Crippen LogP contribution in [-0.2, 0) is 4.79 Å². The first kappa shape index (κ1) is 16.0. The van der Waals surface area contributed by atoms with Crippen LogP contribution in [0.1, 0.15) is 16.7 Å². The molecular formula is C17H14ClFO3. The number of benzene rings is 2. The van der Waals surface area contributed by atoms with E-state index in [4.69, 9.17) is 16.3 Å². The van der Waals surface area contributed by atoms with E-state index in [2.05, 4.69) is 0 Å². The number of ether oxygens (including phenoxy) is 1. The summed E-state index contributed by atoms with van der Waals surface area (Å²) >= 11 is 5.95. The number of aliphatic carboxylic acids is 1. The van der Waals surface area contributed by atoms with Gasteiger partial charge in [-0.05, 0) is 48.4 Å². The highest BCUT2D eigenvalue weighted by atomic mass is 35.5. The number of aryl methyl sites for hydroxylation is 1. The molecule has 0 atom stereocenters. The van der Waals surface area contributed by atoms with E-state index in [9.17, 15) is 14.3 Å². The van der Waals surface area contributed by atoms with Gasteiger partial charge in [-0.25, -0.2) is 9.18 Å². The zero-order valence-corrected chi connectivity index (χ0v) is 12.8. The molecule has 2 aromatic rings. The molecule has 3 nitrogen and oxygen atoms in total. The van der Waals surface area contributed by atoms with E-state index in [0.29, 0.717) is 11.3 Å². The Morgan fingerprint density at radius 3 is 2.59 bits per heavy atom. The third-order valence-corrected chi connectivity index (χ3v) is 3.55. The van der Waals surface area contributed by atoms with Gasteiger partial charge >= 0.3 is 5.97 Å². The van der Waals surface area contributed by atoms with Gasteiger partial charge in [-0.1, -0.05) is 23.7 Å². The van der Waals surface area contributed by atoms with E-state index in [1.165, 1.54) is 31.4 Å². The number of hydrogen-bond acceptors (Lipinski definition) is 2. The molecule has 2 rings (SSSR count). The first-order valence-electron chi connectivity index (χ1n) is 6.48. The molecule has 2 aromatic carbocycles. The number of carboxylic acids is 1. The molecular weight excluding hydrogens is 307 g/mol. The van der Waals surface area contributed by atoms with Crippen LogP contribution in [0.4, 0.5) is 4.39 Å². The summed E-state index contributed by atoms with van der Waals surface area (Å²) in [6.07, 6.45) is 1.24. The monoisotopic (exact) mass is 320 g/mol. The van der Waals surface area contributed by atoms with E-state index >= 15 is 0 Å². The van der Waals surface area contributed by atoms with E-state index in [0.717, 1.165) is 5.56 Å². The van der Waals surface area contributed by atoms with Gasteiger partial charge in [-0.2, -0.15) is 0 Å². The summed E-state index contributed by atoms with van der Waals surface area (Å²) in [6, 6.07) is 9.16. The number of hydrogen-bond donors (Lipinski definition) is 1. The van der Waals surface area contributed by atoms with Crippen molar-refractivity contribution in [3.05, 3.63) is 63.9 Å². The van der Waals surface area contributed by atoms with Crippen LogP contribution in [-0.4, -0.2) is 18.2 Å². The maximum atomic E-state index is 13.8. The minimum atomic E-state index is -1.16. The lowest BCUT2D eigenvalue weighted by Crippen LogP contribution is -2.01. The van der Waals surface area contributed by atoms with E-state index in [-0.39, 0.29) is 16.2 Å². The summed E-state index contributed by atoms with van der Waals surface area (Å²) in [5.41, 5.74) is 1.24. The lowest BCUT2D eigenvalue weighted by atomic mass is 10.0. The molecule has 5 heteroatoms. The molecule has 0 unspecified atom stereocenters. The van der Waals surface area contributed by atoms with Crippen LogP contribution in [0.25, 0.3) is 11.6 Å². The number of carbonyl (C=O) groups is 1. The molecule has 0 aliphatic heterocycles. The third kappa shape index (κ3) is 3.28. The van der Waals surface area contributed by atoms with Gasteiger partial charge in [0, 0.05) is 5.56 Å². The molecule has 0 spiro atoms. The highest BCUT2D eigenvalue weighted by Crippen LogP contribution is 2.28. The molecule has 0 aliphatic carbocycles. The smallest absolute Gasteiger partial charge is 0.336 e. The Kier molecular flexibility index (Phi) is 4.83. The Balaban J connectivity index is 2.58. The Hall–Kier alpha value is -2.33. The van der Waals surface area contributed by atoms with Crippen molar-refractivity contribution in [2.75, 3.05) is 7.11 Å². The lowest BCUT2D eigenvalue weighted by Gasteiger charge is -2.09. The van der Waals surface area contributed by atoms with Gasteiger partial charge < -0.3 is 9.84 Å². The zero-order chi connectivity index (χ0) is 16.3. The van der Waals surface area contributed by atoms with Gasteiger partial charge in [0.15, 0.2) is 0 Å². The molecule has 1 N–H and O–H groups in total. The molecule has 22 heavy (non-hydrogen) atoms. The van der Waals surface area contributed by atoms with Crippen molar-refractivity contribution >= 4 is 29.2 Å². The van der Waals surface area contributed by atoms with Crippen LogP contribution in [0, 0.1) is 12.7 Å². The van der Waals surface area contributed by atoms with Gasteiger partial charge in [0.1, 0.15) is 11.6 Å². The molecule has 0 radical (unpaired) electrons. The number of methoxy groups -OCH3 is 1. The number of rotatable bonds is 4. The summed E-state index contributed by atoms with van der Waals surface area (Å²) in [5, 5.41) is 9.58. The Morgan fingerprint density at radius 2 is 2.05 bits per heavy atom. The molecule has 0 saturated heterocycles. The van der Waals surface area contributed by atoms with Gasteiger partial charge in [0.2, 0.25) is 0 Å². The van der Waals surface area contributed by atoms with Crippen LogP contribution in [0.3, 0.4) is 0 Å². The molecule has 0 bridgehead atoms. The SMILES string of the molecule is COc1ccc(/C(=C/c2c(F)cccc2Cl)C(=O)O)cc1C. The standard InChI is InChI=1S/C17H14ClFO3/c1-10-8-11(6-7-16(10)22-2)12(17(20)21)9-13-14(18)4-3-5-15(13)19/h3-9H,1-2H3,(H,20,21)/b12-9-. The Bertz CT molecular complexity index is 733. The Morgan fingerprint density at radius 1 is 1.32 bits per heavy atom. The topological polar surface area (TPSA) is 46.5 Å². The summed E-state index contributed by atoms with van der Waals surface area (Å²) < 4.78 is 19.0. The van der Waals surface area contributed by atoms with Crippen molar-refractivity contribution < 1.29 is 19.0 Å². The maximum absolute atomic E-state index is 13.8. The van der Waals surface area contributed by atoms with E-state index < -0.39 is 11.8 Å². The quantitative estimate of drug-likeness (QED) is 0.670. The third-order valence-electron chi connectivity index (χ3n) is 3.22. The summed E-state index contributed by atoms with van der Waals surface area (Å²) in [5.74, 6) is -1.09. The molecule has 114 valence electrons. The van der Waals surface area contributed by atoms with Gasteiger partial charge in [0.05, 0.1) is 17.7 Å². The van der Waals surface area contributed by atoms with Gasteiger partial charge in [-0.15, -0.1) is 0 Å². The predicted molar refractivity (Wildman–Crippen MR) is 84.6 cm³/mol. The fourth-order valence-corrected chi connectivity index (χ4v) is 2.33. The average Bonchev–Trinajstić information content (AvgIpc) is 2.46. The fourth-order valence-electron chi connectivity index (χ4n) is 2.11. The second kappa shape index (κ2) is 6.62. The van der Waals surface area contributed by atoms with Crippen molar-refractivity contribution in [3.63, 3.8) is 0 Å². The fraction of sp³-hybridized carbons (Fsp3) is 0.118. The van der Waals surface area contributed by atoms with Crippen LogP contribution >= 0.6 is 11.6 Å². The summed E-state index contributed by atoms with van der Waals surface area (Å²) in [4.78, 5) is 11.5. The second-order valence-electron chi connectivity index (χ2n) is 4.68. The van der Waals surface area contributed by atoms with Gasteiger partial charge in [0.25, 0.3) is 0 Å². The number of carboxylic acid groups (broad SMARTS) is 1. The van der Waals surface area contributed by atoms with Crippen molar-refractivity contribution in [1.29, 1.82) is 0 Å². The molecule has 0 amide bonds. The Labute approximate surface area is 132 Å². The summed E-state index contributed by atoms with van der Waals surface area (Å²) in [7, 11) is 1.54. The van der Waals surface area contributed by atoms with Gasteiger partial charge in [-0.3, -0.25) is 0 Å². The van der Waals surface area contributed by atoms with Crippen LogP contribution in [0.15, 0.2) is 36.4 Å². The highest BCUT2D eigenvalue weighted by molar-refractivity contribution is 6.33. The van der Waals surface area contributed by atoms with E-state index in [1.54, 1.807) is 25.1 Å². The lowest BCUT2D eigenvalue weighted by molar-refractivity contribution is -0.130. The first-order chi connectivity index (χ1) is 10.4. The van der Waals surface area contributed by atoms with Crippen molar-refractivity contribution in [2.24, 2.45) is 0 Å². The maximum Gasteiger partial charge on any atom is 0.336 e. The zero-order valence-electron chi connectivity index (χ0n) is 12.1. The largest absolute Gasteiger partial charge is 0.496 e. The normalized spacial score (nSPS) is 11.4. The second-order valence-corrected chi connectivity index (χ2v) is 5.09. The average molecular weight is 321 g/mol. The molecule has 0 heterocycles. The predicted octanol–water partition coefficient (Wildman–Crippen LogP) is 4.42. The van der Waals surface area contributed by atoms with E-state index in [1.807, 2.05) is 0 Å². The number of halogens is 2. The molecule has 0 fully saturated rings. The molecule has 0 saturated carbocycles. The minimum absolute atomic E-state index is 0.0437. The molecule has 0 aliphatic rings. The van der Waals surface area contributed by atoms with Crippen LogP contribution in [0.2, 0.25) is 5.02 Å². The van der Waals surface area contributed by atoms with Crippen LogP contribution < -0.4 is 4.74 Å². The van der Waals surface area contributed by atoms with Crippen molar-refractivity contribution in [3.8, 4) is 5.75 Å². The minimum Gasteiger partial charge on any atom is -0.496 e. The van der Waals surface area contributed by atoms with Crippen molar-refractivity contribution in [2.45, 2.75) is 6.92 Å². The highest BCUT2D eigenvalue weighted by Gasteiger charge is 2.14. The summed E-state index contributed by atoms with van der Waals surface area (Å²) in [6.45, 7) is 1.80. The molecule has 0 aromatic heterocycles. The van der Waals surface area contributed by atoms with Crippen LogP contribution in [0.5, 0.6) is 5.75 Å².